The quantitative estimate of drug-likeness (QED) is 0.835. The van der Waals surface area contributed by atoms with E-state index in [9.17, 15) is 0 Å². The first-order valence-corrected chi connectivity index (χ1v) is 7.12. The van der Waals surface area contributed by atoms with E-state index in [-0.39, 0.29) is 0 Å². The molecule has 1 aromatic carbocycles. The topological polar surface area (TPSA) is 54.2 Å². The van der Waals surface area contributed by atoms with Crippen LogP contribution in [-0.4, -0.2) is 29.8 Å². The van der Waals surface area contributed by atoms with Gasteiger partial charge in [-0.2, -0.15) is 0 Å². The monoisotopic (exact) mass is 272 g/mol. The molecule has 0 amide bonds. The van der Waals surface area contributed by atoms with Gasteiger partial charge in [0.25, 0.3) is 0 Å². The van der Waals surface area contributed by atoms with Crippen LogP contribution in [-0.2, 0) is 13.0 Å². The highest BCUT2D eigenvalue weighted by atomic mass is 16.4. The SMILES string of the molecule is CN(CCc1ccccc1)c1nnc(CNC2CC2)o1. The highest BCUT2D eigenvalue weighted by molar-refractivity contribution is 5.24. The van der Waals surface area contributed by atoms with Crippen LogP contribution < -0.4 is 10.2 Å². The fourth-order valence-electron chi connectivity index (χ4n) is 2.03. The van der Waals surface area contributed by atoms with Gasteiger partial charge in [0.05, 0.1) is 6.54 Å². The predicted octanol–water partition coefficient (Wildman–Crippen LogP) is 2.00. The number of hydrogen-bond donors (Lipinski definition) is 1. The van der Waals surface area contributed by atoms with Crippen LogP contribution >= 0.6 is 0 Å². The van der Waals surface area contributed by atoms with E-state index in [1.165, 1.54) is 18.4 Å². The van der Waals surface area contributed by atoms with Crippen molar-refractivity contribution in [3.63, 3.8) is 0 Å². The summed E-state index contributed by atoms with van der Waals surface area (Å²) in [4.78, 5) is 2.00. The highest BCUT2D eigenvalue weighted by Crippen LogP contribution is 2.19. The molecule has 1 N–H and O–H groups in total. The summed E-state index contributed by atoms with van der Waals surface area (Å²) in [5, 5.41) is 11.5. The molecule has 5 nitrogen and oxygen atoms in total. The molecular formula is C15H20N4O. The molecule has 0 radical (unpaired) electrons. The van der Waals surface area contributed by atoms with Gasteiger partial charge in [-0.05, 0) is 24.8 Å². The fraction of sp³-hybridized carbons (Fsp3) is 0.467. The molecule has 0 spiro atoms. The number of aromatic nitrogens is 2. The molecule has 1 fully saturated rings. The number of nitrogens with zero attached hydrogens (tertiary/aromatic N) is 3. The maximum atomic E-state index is 5.65. The minimum atomic E-state index is 0.591. The van der Waals surface area contributed by atoms with Crippen molar-refractivity contribution in [1.29, 1.82) is 0 Å². The van der Waals surface area contributed by atoms with Crippen molar-refractivity contribution in [3.8, 4) is 0 Å². The number of rotatable bonds is 7. The molecular weight excluding hydrogens is 252 g/mol. The molecule has 5 heteroatoms. The molecule has 1 aliphatic carbocycles. The third-order valence-corrected chi connectivity index (χ3v) is 3.48. The Balaban J connectivity index is 1.49. The van der Waals surface area contributed by atoms with Crippen molar-refractivity contribution in [3.05, 3.63) is 41.8 Å². The molecule has 2 aromatic rings. The van der Waals surface area contributed by atoms with E-state index in [2.05, 4.69) is 39.8 Å². The molecule has 0 aliphatic heterocycles. The molecule has 0 saturated heterocycles. The first kappa shape index (κ1) is 13.1. The summed E-state index contributed by atoms with van der Waals surface area (Å²) in [5.41, 5.74) is 1.31. The maximum Gasteiger partial charge on any atom is 0.317 e. The number of benzene rings is 1. The summed E-state index contributed by atoms with van der Waals surface area (Å²) >= 11 is 0. The normalized spacial score (nSPS) is 14.4. The number of hydrogen-bond acceptors (Lipinski definition) is 5. The largest absolute Gasteiger partial charge is 0.407 e. The third kappa shape index (κ3) is 3.57. The second-order valence-electron chi connectivity index (χ2n) is 5.29. The van der Waals surface area contributed by atoms with Crippen LogP contribution in [0.2, 0.25) is 0 Å². The summed E-state index contributed by atoms with van der Waals surface area (Å²) in [5.74, 6) is 0.665. The van der Waals surface area contributed by atoms with E-state index in [1.54, 1.807) is 0 Å². The van der Waals surface area contributed by atoms with Crippen molar-refractivity contribution in [2.75, 3.05) is 18.5 Å². The lowest BCUT2D eigenvalue weighted by Crippen LogP contribution is -2.20. The van der Waals surface area contributed by atoms with E-state index in [0.29, 0.717) is 24.5 Å². The molecule has 0 atom stereocenters. The van der Waals surface area contributed by atoms with E-state index >= 15 is 0 Å². The van der Waals surface area contributed by atoms with E-state index in [4.69, 9.17) is 4.42 Å². The van der Waals surface area contributed by atoms with Crippen molar-refractivity contribution in [1.82, 2.24) is 15.5 Å². The minimum Gasteiger partial charge on any atom is -0.407 e. The van der Waals surface area contributed by atoms with Crippen LogP contribution in [0.25, 0.3) is 0 Å². The van der Waals surface area contributed by atoms with Crippen molar-refractivity contribution in [2.45, 2.75) is 31.8 Å². The minimum absolute atomic E-state index is 0.591. The summed E-state index contributed by atoms with van der Waals surface area (Å²) in [6.07, 6.45) is 3.49. The van der Waals surface area contributed by atoms with Crippen LogP contribution in [0, 0.1) is 0 Å². The zero-order chi connectivity index (χ0) is 13.8. The van der Waals surface area contributed by atoms with Crippen LogP contribution in [0.15, 0.2) is 34.7 Å². The first-order valence-electron chi connectivity index (χ1n) is 7.12. The maximum absolute atomic E-state index is 5.65. The Hall–Kier alpha value is -1.88. The Morgan fingerprint density at radius 3 is 2.80 bits per heavy atom. The number of likely N-dealkylation sites (N-methyl/N-ethyl adjacent to an activating group) is 1. The zero-order valence-electron chi connectivity index (χ0n) is 11.7. The third-order valence-electron chi connectivity index (χ3n) is 3.48. The second-order valence-corrected chi connectivity index (χ2v) is 5.29. The molecule has 1 aliphatic rings. The lowest BCUT2D eigenvalue weighted by molar-refractivity contribution is 0.464. The van der Waals surface area contributed by atoms with Gasteiger partial charge in [-0.1, -0.05) is 35.4 Å². The van der Waals surface area contributed by atoms with Crippen molar-refractivity contribution >= 4 is 6.01 Å². The van der Waals surface area contributed by atoms with Gasteiger partial charge in [0.2, 0.25) is 5.89 Å². The fourth-order valence-corrected chi connectivity index (χ4v) is 2.03. The van der Waals surface area contributed by atoms with Crippen molar-refractivity contribution < 1.29 is 4.42 Å². The second kappa shape index (κ2) is 6.05. The summed E-state index contributed by atoms with van der Waals surface area (Å²) < 4.78 is 5.65. The van der Waals surface area contributed by atoms with Gasteiger partial charge < -0.3 is 14.6 Å². The van der Waals surface area contributed by atoms with Gasteiger partial charge in [-0.15, -0.1) is 5.10 Å². The Morgan fingerprint density at radius 2 is 2.05 bits per heavy atom. The Bertz CT molecular complexity index is 536. The molecule has 0 unspecified atom stereocenters. The van der Waals surface area contributed by atoms with Gasteiger partial charge in [0.15, 0.2) is 0 Å². The molecule has 20 heavy (non-hydrogen) atoms. The Morgan fingerprint density at radius 1 is 1.25 bits per heavy atom. The standard InChI is InChI=1S/C15H20N4O/c1-19(10-9-12-5-3-2-4-6-12)15-18-17-14(20-15)11-16-13-7-8-13/h2-6,13,16H,7-11H2,1H3. The molecule has 1 saturated carbocycles. The van der Waals surface area contributed by atoms with Gasteiger partial charge >= 0.3 is 6.01 Å². The van der Waals surface area contributed by atoms with Crippen molar-refractivity contribution in [2.24, 2.45) is 0 Å². The van der Waals surface area contributed by atoms with Crippen LogP contribution in [0.5, 0.6) is 0 Å². The van der Waals surface area contributed by atoms with Gasteiger partial charge in [-0.25, -0.2) is 0 Å². The molecule has 1 heterocycles. The summed E-state index contributed by atoms with van der Waals surface area (Å²) in [7, 11) is 1.98. The van der Waals surface area contributed by atoms with Gasteiger partial charge in [0.1, 0.15) is 0 Å². The number of anilines is 1. The van der Waals surface area contributed by atoms with Crippen LogP contribution in [0.1, 0.15) is 24.3 Å². The zero-order valence-corrected chi connectivity index (χ0v) is 11.7. The lowest BCUT2D eigenvalue weighted by Gasteiger charge is -2.13. The van der Waals surface area contributed by atoms with Crippen LogP contribution in [0.3, 0.4) is 0 Å². The summed E-state index contributed by atoms with van der Waals surface area (Å²) in [6, 6.07) is 11.7. The smallest absolute Gasteiger partial charge is 0.317 e. The van der Waals surface area contributed by atoms with Gasteiger partial charge in [0, 0.05) is 19.6 Å². The molecule has 1 aromatic heterocycles. The van der Waals surface area contributed by atoms with E-state index < -0.39 is 0 Å². The van der Waals surface area contributed by atoms with E-state index in [1.807, 2.05) is 18.0 Å². The Labute approximate surface area is 119 Å². The average molecular weight is 272 g/mol. The highest BCUT2D eigenvalue weighted by Gasteiger charge is 2.21. The Kier molecular flexibility index (Phi) is 3.97. The average Bonchev–Trinajstić information content (AvgIpc) is 3.20. The lowest BCUT2D eigenvalue weighted by atomic mass is 10.1. The van der Waals surface area contributed by atoms with Crippen LogP contribution in [0.4, 0.5) is 6.01 Å². The summed E-state index contributed by atoms with van der Waals surface area (Å²) in [6.45, 7) is 1.53. The van der Waals surface area contributed by atoms with Gasteiger partial charge in [-0.3, -0.25) is 0 Å². The number of nitrogens with one attached hydrogen (secondary N) is 1. The molecule has 3 rings (SSSR count). The first-order chi connectivity index (χ1) is 9.81. The molecule has 106 valence electrons. The predicted molar refractivity (Wildman–Crippen MR) is 77.6 cm³/mol. The molecule has 0 bridgehead atoms. The van der Waals surface area contributed by atoms with E-state index in [0.717, 1.165) is 13.0 Å².